The second-order valence-corrected chi connectivity index (χ2v) is 9.33. The lowest BCUT2D eigenvalue weighted by atomic mass is 9.64. The van der Waals surface area contributed by atoms with E-state index in [0.29, 0.717) is 12.0 Å². The average molecular weight is 341 g/mol. The van der Waals surface area contributed by atoms with Crippen LogP contribution in [-0.4, -0.2) is 23.9 Å². The third-order valence-corrected chi connectivity index (χ3v) is 8.13. The molecule has 5 atom stereocenters. The average Bonchev–Trinajstić information content (AvgIpc) is 2.97. The van der Waals surface area contributed by atoms with Gasteiger partial charge in [0.05, 0.1) is 12.2 Å². The number of hydrogen-bond acceptors (Lipinski definition) is 2. The third-order valence-electron chi connectivity index (χ3n) is 8.13. The predicted octanol–water partition coefficient (Wildman–Crippen LogP) is 4.55. The Morgan fingerprint density at radius 1 is 1.04 bits per heavy atom. The highest BCUT2D eigenvalue weighted by Gasteiger charge is 2.49. The minimum absolute atomic E-state index is 0.102. The molecule has 3 unspecified atom stereocenters. The van der Waals surface area contributed by atoms with Crippen LogP contribution < -0.4 is 0 Å². The summed E-state index contributed by atoms with van der Waals surface area (Å²) in [7, 11) is 0. The lowest BCUT2D eigenvalue weighted by Crippen LogP contribution is -2.36. The van der Waals surface area contributed by atoms with Crippen molar-refractivity contribution in [2.75, 3.05) is 6.61 Å². The maximum atomic E-state index is 10.5. The Hall–Kier alpha value is -0.860. The van der Waals surface area contributed by atoms with Crippen LogP contribution in [0.5, 0.6) is 0 Å². The molecule has 2 fully saturated rings. The fourth-order valence-electron chi connectivity index (χ4n) is 6.52. The molecule has 3 aliphatic carbocycles. The van der Waals surface area contributed by atoms with E-state index in [0.717, 1.165) is 25.4 Å². The quantitative estimate of drug-likeness (QED) is 0.812. The summed E-state index contributed by atoms with van der Waals surface area (Å²) in [5.41, 5.74) is 6.64. The highest BCUT2D eigenvalue weighted by atomic mass is 16.5. The number of ether oxygens (including phenoxy) is 1. The summed E-state index contributed by atoms with van der Waals surface area (Å²) in [5, 5.41) is 10.5. The predicted molar refractivity (Wildman–Crippen MR) is 100.0 cm³/mol. The van der Waals surface area contributed by atoms with Gasteiger partial charge < -0.3 is 9.84 Å². The Labute approximate surface area is 152 Å². The van der Waals surface area contributed by atoms with Crippen LogP contribution in [0.15, 0.2) is 12.1 Å². The van der Waals surface area contributed by atoms with Crippen molar-refractivity contribution in [3.8, 4) is 0 Å². The Bertz CT molecular complexity index is 660. The van der Waals surface area contributed by atoms with Crippen LogP contribution in [-0.2, 0) is 24.0 Å². The fourth-order valence-corrected chi connectivity index (χ4v) is 6.52. The van der Waals surface area contributed by atoms with Gasteiger partial charge in [0.2, 0.25) is 0 Å². The molecule has 136 valence electrons. The molecule has 1 aromatic rings. The summed E-state index contributed by atoms with van der Waals surface area (Å²) in [5.74, 6) is 1.31. The van der Waals surface area contributed by atoms with Gasteiger partial charge in [-0.15, -0.1) is 0 Å². The van der Waals surface area contributed by atoms with Crippen LogP contribution in [0.2, 0.25) is 0 Å². The van der Waals surface area contributed by atoms with Crippen molar-refractivity contribution in [3.05, 3.63) is 34.4 Å². The maximum Gasteiger partial charge on any atom is 0.0606 e. The molecule has 0 spiro atoms. The summed E-state index contributed by atoms with van der Waals surface area (Å²) in [4.78, 5) is 0. The molecule has 1 aromatic carbocycles. The van der Waals surface area contributed by atoms with E-state index in [-0.39, 0.29) is 11.5 Å². The summed E-state index contributed by atoms with van der Waals surface area (Å²) in [6.07, 6.45) is 12.5. The van der Waals surface area contributed by atoms with Crippen molar-refractivity contribution in [1.82, 2.24) is 0 Å². The molecule has 1 saturated heterocycles. The van der Waals surface area contributed by atoms with E-state index >= 15 is 0 Å². The monoisotopic (exact) mass is 340 g/mol. The van der Waals surface area contributed by atoms with Gasteiger partial charge in [0.1, 0.15) is 0 Å². The van der Waals surface area contributed by atoms with Gasteiger partial charge in [-0.25, -0.2) is 0 Å². The number of fused-ring (bicyclic) bond motifs is 5. The molecule has 1 aliphatic heterocycles. The van der Waals surface area contributed by atoms with Crippen LogP contribution >= 0.6 is 0 Å². The topological polar surface area (TPSA) is 29.5 Å². The summed E-state index contributed by atoms with van der Waals surface area (Å²) >= 11 is 0. The molecule has 0 amide bonds. The summed E-state index contributed by atoms with van der Waals surface area (Å²) < 4.78 is 6.10. The van der Waals surface area contributed by atoms with E-state index in [1.165, 1.54) is 51.4 Å². The van der Waals surface area contributed by atoms with Crippen LogP contribution in [0.4, 0.5) is 0 Å². The highest BCUT2D eigenvalue weighted by molar-refractivity contribution is 5.47. The molecule has 0 bridgehead atoms. The Morgan fingerprint density at radius 2 is 1.96 bits per heavy atom. The molecule has 5 rings (SSSR count). The van der Waals surface area contributed by atoms with E-state index in [1.807, 2.05) is 0 Å². The van der Waals surface area contributed by atoms with Gasteiger partial charge in [0, 0.05) is 12.0 Å². The minimum atomic E-state index is -0.102. The first-order valence-corrected chi connectivity index (χ1v) is 10.6. The number of rotatable bonds is 1. The molecular weight excluding hydrogens is 308 g/mol. The first-order chi connectivity index (χ1) is 12.2. The fraction of sp³-hybridized carbons (Fsp3) is 0.739. The maximum absolute atomic E-state index is 10.5. The normalized spacial score (nSPS) is 40.2. The lowest BCUT2D eigenvalue weighted by molar-refractivity contribution is -0.0244. The molecule has 4 aliphatic rings. The van der Waals surface area contributed by atoms with Crippen molar-refractivity contribution in [1.29, 1.82) is 0 Å². The number of benzene rings is 1. The Kier molecular flexibility index (Phi) is 3.98. The zero-order valence-electron chi connectivity index (χ0n) is 15.6. The molecule has 1 heterocycles. The number of aliphatic hydroxyl groups is 1. The van der Waals surface area contributed by atoms with Crippen LogP contribution in [0.25, 0.3) is 0 Å². The minimum Gasteiger partial charge on any atom is -0.393 e. The van der Waals surface area contributed by atoms with Crippen molar-refractivity contribution in [2.24, 2.45) is 11.3 Å². The standard InChI is InChI=1S/C23H32O2/c1-23-12-11-18-17-7-6-16(21-4-2-3-13-25-21)14-15(17)5-8-19(18)20(23)9-10-22(23)24/h5,8,16,20-22,24H,2-4,6-7,9-14H2,1H3/t16-,20?,21?,22-,23?/m0/s1. The largest absolute Gasteiger partial charge is 0.393 e. The second kappa shape index (κ2) is 6.09. The van der Waals surface area contributed by atoms with Crippen LogP contribution in [0.3, 0.4) is 0 Å². The lowest BCUT2D eigenvalue weighted by Gasteiger charge is -2.42. The van der Waals surface area contributed by atoms with E-state index in [2.05, 4.69) is 19.1 Å². The van der Waals surface area contributed by atoms with E-state index < -0.39 is 0 Å². The third kappa shape index (κ3) is 2.51. The van der Waals surface area contributed by atoms with Crippen molar-refractivity contribution >= 4 is 0 Å². The zero-order chi connectivity index (χ0) is 17.0. The van der Waals surface area contributed by atoms with Crippen molar-refractivity contribution in [3.63, 3.8) is 0 Å². The molecule has 0 radical (unpaired) electrons. The molecular formula is C23H32O2. The van der Waals surface area contributed by atoms with Gasteiger partial charge >= 0.3 is 0 Å². The van der Waals surface area contributed by atoms with Crippen LogP contribution in [0, 0.1) is 11.3 Å². The van der Waals surface area contributed by atoms with Gasteiger partial charge in [0.15, 0.2) is 0 Å². The Balaban J connectivity index is 1.44. The smallest absolute Gasteiger partial charge is 0.0606 e. The highest BCUT2D eigenvalue weighted by Crippen LogP contribution is 2.56. The molecule has 2 nitrogen and oxygen atoms in total. The van der Waals surface area contributed by atoms with Gasteiger partial charge in [-0.3, -0.25) is 0 Å². The van der Waals surface area contributed by atoms with E-state index in [9.17, 15) is 5.11 Å². The number of aliphatic hydroxyl groups excluding tert-OH is 1. The van der Waals surface area contributed by atoms with E-state index in [4.69, 9.17) is 4.74 Å². The second-order valence-electron chi connectivity index (χ2n) is 9.33. The van der Waals surface area contributed by atoms with Crippen molar-refractivity contribution < 1.29 is 9.84 Å². The first kappa shape index (κ1) is 16.3. The molecule has 0 aromatic heterocycles. The zero-order valence-corrected chi connectivity index (χ0v) is 15.6. The van der Waals surface area contributed by atoms with Gasteiger partial charge in [-0.2, -0.15) is 0 Å². The Morgan fingerprint density at radius 3 is 2.80 bits per heavy atom. The van der Waals surface area contributed by atoms with Crippen LogP contribution in [0.1, 0.15) is 80.0 Å². The first-order valence-electron chi connectivity index (χ1n) is 10.6. The SMILES string of the molecule is CC12CCc3c(ccc4c3CC[C@H](C3CCCCO3)C4)C1CC[C@@H]2O. The van der Waals surface area contributed by atoms with Gasteiger partial charge in [-0.1, -0.05) is 19.1 Å². The molecule has 25 heavy (non-hydrogen) atoms. The van der Waals surface area contributed by atoms with Gasteiger partial charge in [-0.05, 0) is 98.3 Å². The number of hydrogen-bond donors (Lipinski definition) is 1. The molecule has 1 N–H and O–H groups in total. The van der Waals surface area contributed by atoms with Gasteiger partial charge in [0.25, 0.3) is 0 Å². The molecule has 2 heteroatoms. The summed E-state index contributed by atoms with van der Waals surface area (Å²) in [6.45, 7) is 3.30. The molecule has 1 saturated carbocycles. The van der Waals surface area contributed by atoms with Crippen molar-refractivity contribution in [2.45, 2.75) is 89.3 Å². The summed E-state index contributed by atoms with van der Waals surface area (Å²) in [6, 6.07) is 4.86. The van der Waals surface area contributed by atoms with E-state index in [1.54, 1.807) is 22.3 Å².